The van der Waals surface area contributed by atoms with Crippen molar-refractivity contribution in [2.75, 3.05) is 5.73 Å². The lowest BCUT2D eigenvalue weighted by atomic mass is 10.1. The highest BCUT2D eigenvalue weighted by molar-refractivity contribution is 9.10. The van der Waals surface area contributed by atoms with Gasteiger partial charge in [-0.15, -0.1) is 0 Å². The molecule has 6 heteroatoms. The van der Waals surface area contributed by atoms with Gasteiger partial charge in [0, 0.05) is 17.1 Å². The minimum Gasteiger partial charge on any atom is -0.383 e. The van der Waals surface area contributed by atoms with Gasteiger partial charge >= 0.3 is 0 Å². The number of anilines is 1. The summed E-state index contributed by atoms with van der Waals surface area (Å²) >= 11 is 3.37. The zero-order valence-electron chi connectivity index (χ0n) is 9.43. The normalized spacial score (nSPS) is 10.3. The van der Waals surface area contributed by atoms with Crippen molar-refractivity contribution in [3.05, 3.63) is 51.9 Å². The smallest absolute Gasteiger partial charge is 0.254 e. The number of carbonyl (C=O) groups excluding carboxylic acids is 1. The van der Waals surface area contributed by atoms with Gasteiger partial charge in [0.15, 0.2) is 0 Å². The van der Waals surface area contributed by atoms with E-state index >= 15 is 0 Å². The Morgan fingerprint density at radius 2 is 1.94 bits per heavy atom. The lowest BCUT2D eigenvalue weighted by molar-refractivity contribution is 0.100. The predicted octanol–water partition coefficient (Wildman–Crippen LogP) is 1.51. The molecule has 92 valence electrons. The molecule has 2 aromatic rings. The first-order valence-electron chi connectivity index (χ1n) is 5.22. The van der Waals surface area contributed by atoms with Crippen molar-refractivity contribution in [1.82, 2.24) is 9.97 Å². The van der Waals surface area contributed by atoms with E-state index in [0.29, 0.717) is 12.2 Å². The molecule has 0 bridgehead atoms. The molecule has 1 amide bonds. The van der Waals surface area contributed by atoms with Crippen LogP contribution >= 0.6 is 15.9 Å². The monoisotopic (exact) mass is 306 g/mol. The van der Waals surface area contributed by atoms with Crippen molar-refractivity contribution in [2.24, 2.45) is 5.73 Å². The number of nitrogens with zero attached hydrogens (tertiary/aromatic N) is 2. The molecule has 1 heterocycles. The van der Waals surface area contributed by atoms with E-state index in [1.807, 2.05) is 24.3 Å². The van der Waals surface area contributed by atoms with Gasteiger partial charge in [-0.1, -0.05) is 28.1 Å². The number of primary amides is 1. The van der Waals surface area contributed by atoms with Crippen LogP contribution in [-0.2, 0) is 6.42 Å². The summed E-state index contributed by atoms with van der Waals surface area (Å²) in [5, 5.41) is 0. The van der Waals surface area contributed by atoms with Crippen LogP contribution in [0, 0.1) is 0 Å². The number of carbonyl (C=O) groups is 1. The maximum atomic E-state index is 11.0. The molecule has 0 aliphatic heterocycles. The van der Waals surface area contributed by atoms with Crippen LogP contribution in [0.1, 0.15) is 21.7 Å². The highest BCUT2D eigenvalue weighted by atomic mass is 79.9. The molecule has 0 atom stereocenters. The third-order valence-corrected chi connectivity index (χ3v) is 2.94. The first-order valence-corrected chi connectivity index (χ1v) is 6.01. The van der Waals surface area contributed by atoms with Gasteiger partial charge in [0.05, 0.1) is 5.56 Å². The summed E-state index contributed by atoms with van der Waals surface area (Å²) in [6.07, 6.45) is 1.91. The van der Waals surface area contributed by atoms with E-state index in [9.17, 15) is 4.79 Å². The predicted molar refractivity (Wildman–Crippen MR) is 71.9 cm³/mol. The van der Waals surface area contributed by atoms with Crippen LogP contribution in [0.4, 0.5) is 5.82 Å². The van der Waals surface area contributed by atoms with Gasteiger partial charge in [-0.3, -0.25) is 4.79 Å². The fourth-order valence-corrected chi connectivity index (χ4v) is 1.76. The Hall–Kier alpha value is -1.95. The summed E-state index contributed by atoms with van der Waals surface area (Å²) in [6, 6.07) is 7.81. The van der Waals surface area contributed by atoms with E-state index in [1.165, 1.54) is 6.20 Å². The molecule has 18 heavy (non-hydrogen) atoms. The summed E-state index contributed by atoms with van der Waals surface area (Å²) in [4.78, 5) is 19.1. The quantitative estimate of drug-likeness (QED) is 0.898. The number of nitrogen functional groups attached to an aromatic ring is 1. The van der Waals surface area contributed by atoms with Crippen molar-refractivity contribution in [3.63, 3.8) is 0 Å². The number of hydrogen-bond acceptors (Lipinski definition) is 4. The van der Waals surface area contributed by atoms with Crippen molar-refractivity contribution in [2.45, 2.75) is 6.42 Å². The summed E-state index contributed by atoms with van der Waals surface area (Å²) in [5.41, 5.74) is 12.0. The topological polar surface area (TPSA) is 94.9 Å². The maximum absolute atomic E-state index is 11.0. The van der Waals surface area contributed by atoms with Gasteiger partial charge < -0.3 is 11.5 Å². The molecule has 0 unspecified atom stereocenters. The summed E-state index contributed by atoms with van der Waals surface area (Å²) in [6.45, 7) is 0. The van der Waals surface area contributed by atoms with E-state index in [4.69, 9.17) is 11.5 Å². The van der Waals surface area contributed by atoms with Crippen LogP contribution in [0.25, 0.3) is 0 Å². The lowest BCUT2D eigenvalue weighted by Gasteiger charge is -2.04. The van der Waals surface area contributed by atoms with E-state index in [0.717, 1.165) is 10.0 Å². The maximum Gasteiger partial charge on any atom is 0.254 e. The van der Waals surface area contributed by atoms with Crippen LogP contribution in [-0.4, -0.2) is 15.9 Å². The second kappa shape index (κ2) is 5.14. The second-order valence-electron chi connectivity index (χ2n) is 3.75. The summed E-state index contributed by atoms with van der Waals surface area (Å²) in [7, 11) is 0. The number of hydrogen-bond donors (Lipinski definition) is 2. The molecule has 0 saturated carbocycles. The van der Waals surface area contributed by atoms with Crippen molar-refractivity contribution >= 4 is 27.7 Å². The standard InChI is InChI=1S/C12H11BrN4O/c13-8-3-1-7(2-4-8)5-10-16-6-9(12(15)18)11(14)17-10/h1-4,6H,5H2,(H2,15,18)(H2,14,16,17). The van der Waals surface area contributed by atoms with E-state index in [-0.39, 0.29) is 11.4 Å². The molecule has 4 N–H and O–H groups in total. The second-order valence-corrected chi connectivity index (χ2v) is 4.67. The third kappa shape index (κ3) is 2.84. The average Bonchev–Trinajstić information content (AvgIpc) is 2.32. The number of nitrogens with two attached hydrogens (primary N) is 2. The molecule has 0 radical (unpaired) electrons. The number of benzene rings is 1. The molecule has 0 aliphatic rings. The van der Waals surface area contributed by atoms with Gasteiger partial charge in [0.2, 0.25) is 0 Å². The van der Waals surface area contributed by atoms with Crippen LogP contribution in [0.3, 0.4) is 0 Å². The Balaban J connectivity index is 2.22. The van der Waals surface area contributed by atoms with Gasteiger partial charge in [0.1, 0.15) is 11.6 Å². The number of amides is 1. The Labute approximate surface area is 112 Å². The molecule has 0 spiro atoms. The highest BCUT2D eigenvalue weighted by Crippen LogP contribution is 2.14. The highest BCUT2D eigenvalue weighted by Gasteiger charge is 2.09. The Morgan fingerprint density at radius 1 is 1.28 bits per heavy atom. The van der Waals surface area contributed by atoms with Gasteiger partial charge in [-0.2, -0.15) is 0 Å². The third-order valence-electron chi connectivity index (χ3n) is 2.41. The Morgan fingerprint density at radius 3 is 2.50 bits per heavy atom. The molecule has 0 aliphatic carbocycles. The average molecular weight is 307 g/mol. The number of rotatable bonds is 3. The fourth-order valence-electron chi connectivity index (χ4n) is 1.49. The Kier molecular flexibility index (Phi) is 3.57. The molecule has 2 rings (SSSR count). The van der Waals surface area contributed by atoms with Gasteiger partial charge in [-0.05, 0) is 17.7 Å². The SMILES string of the molecule is NC(=O)c1cnc(Cc2ccc(Br)cc2)nc1N. The fraction of sp³-hybridized carbons (Fsp3) is 0.0833. The van der Waals surface area contributed by atoms with E-state index < -0.39 is 5.91 Å². The van der Waals surface area contributed by atoms with Crippen LogP contribution in [0.5, 0.6) is 0 Å². The molecular weight excluding hydrogens is 296 g/mol. The van der Waals surface area contributed by atoms with Crippen LogP contribution in [0.2, 0.25) is 0 Å². The van der Waals surface area contributed by atoms with Crippen molar-refractivity contribution in [1.29, 1.82) is 0 Å². The molecule has 1 aromatic carbocycles. The largest absolute Gasteiger partial charge is 0.383 e. The van der Waals surface area contributed by atoms with Gasteiger partial charge in [-0.25, -0.2) is 9.97 Å². The lowest BCUT2D eigenvalue weighted by Crippen LogP contribution is -2.16. The molecule has 0 saturated heterocycles. The van der Waals surface area contributed by atoms with Crippen molar-refractivity contribution in [3.8, 4) is 0 Å². The summed E-state index contributed by atoms with van der Waals surface area (Å²) < 4.78 is 1.01. The van der Waals surface area contributed by atoms with Crippen LogP contribution < -0.4 is 11.5 Å². The molecule has 5 nitrogen and oxygen atoms in total. The van der Waals surface area contributed by atoms with E-state index in [1.54, 1.807) is 0 Å². The van der Waals surface area contributed by atoms with Crippen LogP contribution in [0.15, 0.2) is 34.9 Å². The first-order chi connectivity index (χ1) is 8.56. The van der Waals surface area contributed by atoms with Crippen molar-refractivity contribution < 1.29 is 4.79 Å². The van der Waals surface area contributed by atoms with Gasteiger partial charge in [0.25, 0.3) is 5.91 Å². The Bertz CT molecular complexity index is 583. The minimum atomic E-state index is -0.623. The molecule has 0 fully saturated rings. The number of halogens is 1. The number of aromatic nitrogens is 2. The zero-order chi connectivity index (χ0) is 13.1. The molecular formula is C12H11BrN4O. The zero-order valence-corrected chi connectivity index (χ0v) is 11.0. The minimum absolute atomic E-state index is 0.115. The van der Waals surface area contributed by atoms with E-state index in [2.05, 4.69) is 25.9 Å². The first kappa shape index (κ1) is 12.5. The molecule has 1 aromatic heterocycles. The summed E-state index contributed by atoms with van der Waals surface area (Å²) in [5.74, 6) is 0.0483.